The lowest BCUT2D eigenvalue weighted by atomic mass is 9.99. The van der Waals surface area contributed by atoms with Crippen molar-refractivity contribution >= 4 is 39.5 Å². The maximum absolute atomic E-state index is 13.0. The van der Waals surface area contributed by atoms with E-state index in [1.165, 1.54) is 148 Å². The van der Waals surface area contributed by atoms with Crippen LogP contribution in [0.15, 0.2) is 0 Å². The number of aliphatic hydroxyl groups excluding tert-OH is 1. The Bertz CT molecular complexity index is 1780. The van der Waals surface area contributed by atoms with Crippen LogP contribution in [0.1, 0.15) is 351 Å². The van der Waals surface area contributed by atoms with Crippen LogP contribution in [0.5, 0.6) is 0 Å². The van der Waals surface area contributed by atoms with E-state index in [0.29, 0.717) is 31.6 Å². The first kappa shape index (κ1) is 88.1. The Morgan fingerprint density at radius 1 is 0.311 bits per heavy atom. The first-order valence-electron chi connectivity index (χ1n) is 36.7. The number of rotatable bonds is 68. The molecule has 0 aromatic rings. The van der Waals surface area contributed by atoms with E-state index in [9.17, 15) is 43.2 Å². The second-order valence-electron chi connectivity index (χ2n) is 27.3. The molecule has 90 heavy (non-hydrogen) atoms. The maximum Gasteiger partial charge on any atom is 0.472 e. The van der Waals surface area contributed by atoms with E-state index in [2.05, 4.69) is 55.4 Å². The number of carbonyl (C=O) groups excluding carboxylic acids is 4. The van der Waals surface area contributed by atoms with Crippen molar-refractivity contribution in [2.24, 2.45) is 23.7 Å². The van der Waals surface area contributed by atoms with E-state index >= 15 is 0 Å². The van der Waals surface area contributed by atoms with Crippen molar-refractivity contribution < 1.29 is 80.2 Å². The Kier molecular flexibility index (Phi) is 59.4. The van der Waals surface area contributed by atoms with Crippen molar-refractivity contribution in [1.29, 1.82) is 0 Å². The molecule has 0 radical (unpaired) electrons. The van der Waals surface area contributed by atoms with Crippen molar-refractivity contribution in [3.05, 3.63) is 0 Å². The largest absolute Gasteiger partial charge is 0.472 e. The summed E-state index contributed by atoms with van der Waals surface area (Å²) >= 11 is 0. The van der Waals surface area contributed by atoms with Crippen LogP contribution in [-0.4, -0.2) is 96.7 Å². The van der Waals surface area contributed by atoms with Crippen molar-refractivity contribution in [3.63, 3.8) is 0 Å². The molecule has 534 valence electrons. The first-order chi connectivity index (χ1) is 43.1. The summed E-state index contributed by atoms with van der Waals surface area (Å²) in [5.41, 5.74) is 0. The molecule has 0 spiro atoms. The summed E-state index contributed by atoms with van der Waals surface area (Å²) in [7, 11) is -9.90. The molecule has 0 saturated heterocycles. The Labute approximate surface area is 549 Å². The number of ether oxygens (including phenoxy) is 4. The zero-order valence-corrected chi connectivity index (χ0v) is 60.6. The fourth-order valence-electron chi connectivity index (χ4n) is 10.6. The zero-order chi connectivity index (χ0) is 66.8. The zero-order valence-electron chi connectivity index (χ0n) is 58.8. The van der Waals surface area contributed by atoms with E-state index in [-0.39, 0.29) is 25.7 Å². The van der Waals surface area contributed by atoms with Gasteiger partial charge in [-0.1, -0.05) is 299 Å². The molecule has 0 aromatic heterocycles. The Hall–Kier alpha value is -1.94. The molecule has 0 aliphatic heterocycles. The summed E-state index contributed by atoms with van der Waals surface area (Å²) in [6, 6.07) is 0. The number of unbranched alkanes of at least 4 members (excludes halogenated alkanes) is 33. The summed E-state index contributed by atoms with van der Waals surface area (Å²) in [4.78, 5) is 72.6. The van der Waals surface area contributed by atoms with Gasteiger partial charge < -0.3 is 33.8 Å². The van der Waals surface area contributed by atoms with Crippen LogP contribution in [0.2, 0.25) is 0 Å². The number of phosphoric acid groups is 2. The van der Waals surface area contributed by atoms with Gasteiger partial charge in [-0.05, 0) is 49.4 Å². The molecule has 3 N–H and O–H groups in total. The number of hydrogen-bond donors (Lipinski definition) is 3. The fourth-order valence-corrected chi connectivity index (χ4v) is 12.2. The van der Waals surface area contributed by atoms with E-state index in [0.717, 1.165) is 114 Å². The van der Waals surface area contributed by atoms with Crippen LogP contribution in [0.25, 0.3) is 0 Å². The normalized spacial score (nSPS) is 14.6. The van der Waals surface area contributed by atoms with Crippen LogP contribution in [-0.2, 0) is 65.4 Å². The summed E-state index contributed by atoms with van der Waals surface area (Å²) < 4.78 is 68.3. The molecule has 0 bridgehead atoms. The summed E-state index contributed by atoms with van der Waals surface area (Å²) in [6.07, 6.45) is 43.1. The van der Waals surface area contributed by atoms with Gasteiger partial charge in [0.05, 0.1) is 26.4 Å². The molecule has 0 heterocycles. The van der Waals surface area contributed by atoms with Gasteiger partial charge in [0.25, 0.3) is 0 Å². The average Bonchev–Trinajstić information content (AvgIpc) is 2.83. The van der Waals surface area contributed by atoms with E-state index < -0.39 is 97.5 Å². The van der Waals surface area contributed by atoms with Crippen LogP contribution in [0.4, 0.5) is 0 Å². The van der Waals surface area contributed by atoms with Gasteiger partial charge in [-0.2, -0.15) is 0 Å². The molecule has 19 heteroatoms. The van der Waals surface area contributed by atoms with Crippen LogP contribution < -0.4 is 0 Å². The number of aliphatic hydroxyl groups is 1. The topological polar surface area (TPSA) is 237 Å². The number of hydrogen-bond acceptors (Lipinski definition) is 15. The predicted molar refractivity (Wildman–Crippen MR) is 363 cm³/mol. The first-order valence-corrected chi connectivity index (χ1v) is 39.7. The second-order valence-corrected chi connectivity index (χ2v) is 30.2. The molecule has 3 unspecified atom stereocenters. The third-order valence-corrected chi connectivity index (χ3v) is 18.6. The quantitative estimate of drug-likeness (QED) is 0.0222. The predicted octanol–water partition coefficient (Wildman–Crippen LogP) is 20.1. The highest BCUT2D eigenvalue weighted by Crippen LogP contribution is 2.45. The molecule has 0 fully saturated rings. The monoisotopic (exact) mass is 1320 g/mol. The van der Waals surface area contributed by atoms with Crippen molar-refractivity contribution in [1.82, 2.24) is 0 Å². The SMILES string of the molecule is CCC(C)CCCCCCCCCCCCC(=O)OC[C@H](COP(=O)(O)OC[C@@H](O)COP(=O)(O)OC[C@@H](COC(=O)CCCCCCCCC(C)C)OC(=O)CCCCCCCCCCCCCCC(C)C)OC(=O)CCCCCCCCCCCC(C)C. The van der Waals surface area contributed by atoms with Gasteiger partial charge in [-0.15, -0.1) is 0 Å². The van der Waals surface area contributed by atoms with Gasteiger partial charge >= 0.3 is 39.5 Å². The summed E-state index contributed by atoms with van der Waals surface area (Å²) in [6.45, 7) is 14.1. The highest BCUT2D eigenvalue weighted by Gasteiger charge is 2.30. The summed E-state index contributed by atoms with van der Waals surface area (Å²) in [5.74, 6) is 0.872. The van der Waals surface area contributed by atoms with Crippen molar-refractivity contribution in [2.45, 2.75) is 369 Å². The van der Waals surface area contributed by atoms with Crippen LogP contribution in [0.3, 0.4) is 0 Å². The highest BCUT2D eigenvalue weighted by atomic mass is 31.2. The average molecular weight is 1330 g/mol. The third-order valence-electron chi connectivity index (χ3n) is 16.7. The van der Waals surface area contributed by atoms with Gasteiger partial charge in [0.2, 0.25) is 0 Å². The third kappa shape index (κ3) is 63.5. The minimum absolute atomic E-state index is 0.105. The minimum Gasteiger partial charge on any atom is -0.462 e. The number of carbonyl (C=O) groups is 4. The van der Waals surface area contributed by atoms with Crippen molar-refractivity contribution in [3.8, 4) is 0 Å². The van der Waals surface area contributed by atoms with Gasteiger partial charge in [0, 0.05) is 25.7 Å². The molecule has 0 aliphatic rings. The molecular formula is C71H138O17P2. The number of phosphoric ester groups is 2. The molecular weight excluding hydrogens is 1190 g/mol. The maximum atomic E-state index is 13.0. The molecule has 17 nitrogen and oxygen atoms in total. The van der Waals surface area contributed by atoms with E-state index in [4.69, 9.17) is 37.0 Å². The lowest BCUT2D eigenvalue weighted by molar-refractivity contribution is -0.161. The van der Waals surface area contributed by atoms with Gasteiger partial charge in [0.15, 0.2) is 12.2 Å². The standard InChI is InChI=1S/C71H138O17P2/c1-9-64(8)50-42-34-25-19-14-15-20-26-35-43-51-68(73)81-57-66(87-71(76)54-46-38-28-22-16-18-24-32-40-48-62(4)5)59-85-89(77,78)83-55-65(72)56-84-90(79,80)86-60-67(58-82-69(74)52-44-36-30-29-33-41-49-63(6)7)88-70(75)53-45-37-27-21-13-11-10-12-17-23-31-39-47-61(2)3/h61-67,72H,9-60H2,1-8H3,(H,77,78)(H,79,80)/t64?,65-,66-,67-/m1/s1. The van der Waals surface area contributed by atoms with Gasteiger partial charge in [0.1, 0.15) is 19.3 Å². The Balaban J connectivity index is 5.24. The van der Waals surface area contributed by atoms with Gasteiger partial charge in [-0.3, -0.25) is 37.3 Å². The molecule has 0 aromatic carbocycles. The Morgan fingerprint density at radius 3 is 0.789 bits per heavy atom. The molecule has 0 rings (SSSR count). The minimum atomic E-state index is -4.95. The van der Waals surface area contributed by atoms with Crippen LogP contribution >= 0.6 is 15.6 Å². The van der Waals surface area contributed by atoms with E-state index in [1.807, 2.05) is 0 Å². The lowest BCUT2D eigenvalue weighted by Crippen LogP contribution is -2.30. The Morgan fingerprint density at radius 2 is 0.533 bits per heavy atom. The molecule has 6 atom stereocenters. The molecule has 0 saturated carbocycles. The molecule has 0 aliphatic carbocycles. The lowest BCUT2D eigenvalue weighted by Gasteiger charge is -2.21. The highest BCUT2D eigenvalue weighted by molar-refractivity contribution is 7.47. The molecule has 0 amide bonds. The number of esters is 4. The van der Waals surface area contributed by atoms with Crippen molar-refractivity contribution in [2.75, 3.05) is 39.6 Å². The van der Waals surface area contributed by atoms with E-state index in [1.54, 1.807) is 0 Å². The fraction of sp³-hybridized carbons (Fsp3) is 0.944. The second kappa shape index (κ2) is 60.7. The van der Waals surface area contributed by atoms with Crippen LogP contribution in [0, 0.1) is 23.7 Å². The summed E-state index contributed by atoms with van der Waals surface area (Å²) in [5, 5.41) is 10.6. The smallest absolute Gasteiger partial charge is 0.462 e. The van der Waals surface area contributed by atoms with Gasteiger partial charge in [-0.25, -0.2) is 9.13 Å².